The molecule has 0 spiro atoms. The molecule has 92 valence electrons. The van der Waals surface area contributed by atoms with Gasteiger partial charge in [-0.05, 0) is 49.3 Å². The summed E-state index contributed by atoms with van der Waals surface area (Å²) in [5.74, 6) is -0.235. The molecule has 0 atom stereocenters. The highest BCUT2D eigenvalue weighted by Gasteiger charge is 2.13. The number of rotatable bonds is 2. The molecule has 2 rings (SSSR count). The average Bonchev–Trinajstić information content (AvgIpc) is 2.33. The van der Waals surface area contributed by atoms with Crippen LogP contribution in [0, 0.1) is 5.82 Å². The first-order valence-corrected chi connectivity index (χ1v) is 6.48. The molecular formula is C13H17FN2S. The number of benzene rings is 1. The summed E-state index contributed by atoms with van der Waals surface area (Å²) in [4.78, 5) is 0. The van der Waals surface area contributed by atoms with Gasteiger partial charge in [0, 0.05) is 11.7 Å². The van der Waals surface area contributed by atoms with Gasteiger partial charge >= 0.3 is 0 Å². The third-order valence-corrected chi connectivity index (χ3v) is 3.26. The minimum atomic E-state index is -0.235. The molecule has 4 heteroatoms. The van der Waals surface area contributed by atoms with Gasteiger partial charge in [-0.1, -0.05) is 19.3 Å². The minimum absolute atomic E-state index is 0.235. The van der Waals surface area contributed by atoms with E-state index >= 15 is 0 Å². The third-order valence-electron chi connectivity index (χ3n) is 3.04. The monoisotopic (exact) mass is 252 g/mol. The smallest absolute Gasteiger partial charge is 0.170 e. The Kier molecular flexibility index (Phi) is 4.31. The van der Waals surface area contributed by atoms with Crippen LogP contribution in [0.5, 0.6) is 0 Å². The van der Waals surface area contributed by atoms with Gasteiger partial charge in [0.25, 0.3) is 0 Å². The molecule has 0 unspecified atom stereocenters. The van der Waals surface area contributed by atoms with Crippen LogP contribution in [0.2, 0.25) is 0 Å². The van der Waals surface area contributed by atoms with Crippen LogP contribution in [0.3, 0.4) is 0 Å². The Morgan fingerprint density at radius 3 is 2.41 bits per heavy atom. The van der Waals surface area contributed by atoms with Gasteiger partial charge in [0.15, 0.2) is 5.11 Å². The fraction of sp³-hybridized carbons (Fsp3) is 0.462. The minimum Gasteiger partial charge on any atom is -0.360 e. The van der Waals surface area contributed by atoms with Gasteiger partial charge in [-0.15, -0.1) is 0 Å². The van der Waals surface area contributed by atoms with Crippen molar-refractivity contribution in [1.82, 2.24) is 5.32 Å². The number of thiocarbonyl (C=S) groups is 1. The van der Waals surface area contributed by atoms with Gasteiger partial charge in [0.05, 0.1) is 0 Å². The van der Waals surface area contributed by atoms with E-state index in [9.17, 15) is 4.39 Å². The maximum Gasteiger partial charge on any atom is 0.170 e. The molecule has 0 aliphatic heterocycles. The lowest BCUT2D eigenvalue weighted by Crippen LogP contribution is -2.38. The second-order valence-corrected chi connectivity index (χ2v) is 4.85. The van der Waals surface area contributed by atoms with E-state index in [4.69, 9.17) is 12.2 Å². The van der Waals surface area contributed by atoms with Gasteiger partial charge in [-0.2, -0.15) is 0 Å². The maximum absolute atomic E-state index is 12.7. The standard InChI is InChI=1S/C13H17FN2S/c14-10-6-8-12(9-7-10)16-13(17)15-11-4-2-1-3-5-11/h6-9,11H,1-5H2,(H2,15,16,17). The first kappa shape index (κ1) is 12.3. The van der Waals surface area contributed by atoms with Gasteiger partial charge in [0.2, 0.25) is 0 Å². The van der Waals surface area contributed by atoms with Crippen LogP contribution < -0.4 is 10.6 Å². The van der Waals surface area contributed by atoms with Crippen molar-refractivity contribution in [2.75, 3.05) is 5.32 Å². The molecule has 0 aromatic heterocycles. The molecule has 2 N–H and O–H groups in total. The summed E-state index contributed by atoms with van der Waals surface area (Å²) in [5, 5.41) is 7.01. The average molecular weight is 252 g/mol. The van der Waals surface area contributed by atoms with E-state index in [-0.39, 0.29) is 5.82 Å². The molecule has 0 radical (unpaired) electrons. The Labute approximate surface area is 107 Å². The zero-order valence-corrected chi connectivity index (χ0v) is 10.5. The first-order valence-electron chi connectivity index (χ1n) is 6.07. The van der Waals surface area contributed by atoms with Gasteiger partial charge in [-0.25, -0.2) is 4.39 Å². The molecule has 1 aromatic rings. The van der Waals surface area contributed by atoms with Crippen LogP contribution in [0.25, 0.3) is 0 Å². The molecule has 0 bridgehead atoms. The van der Waals surface area contributed by atoms with Crippen LogP contribution in [0.4, 0.5) is 10.1 Å². The maximum atomic E-state index is 12.7. The highest BCUT2D eigenvalue weighted by molar-refractivity contribution is 7.80. The highest BCUT2D eigenvalue weighted by Crippen LogP contribution is 2.17. The highest BCUT2D eigenvalue weighted by atomic mass is 32.1. The molecule has 1 aliphatic carbocycles. The Bertz CT molecular complexity index is 372. The molecule has 0 saturated heterocycles. The van der Waals surface area contributed by atoms with Gasteiger partial charge < -0.3 is 10.6 Å². The largest absolute Gasteiger partial charge is 0.360 e. The predicted molar refractivity (Wildman–Crippen MR) is 72.6 cm³/mol. The molecule has 1 aliphatic rings. The lowest BCUT2D eigenvalue weighted by atomic mass is 9.96. The number of hydrogen-bond acceptors (Lipinski definition) is 1. The zero-order chi connectivity index (χ0) is 12.1. The fourth-order valence-corrected chi connectivity index (χ4v) is 2.42. The Hall–Kier alpha value is -1.16. The molecule has 0 amide bonds. The zero-order valence-electron chi connectivity index (χ0n) is 9.71. The summed E-state index contributed by atoms with van der Waals surface area (Å²) in [6.07, 6.45) is 6.25. The van der Waals surface area contributed by atoms with Gasteiger partial charge in [-0.3, -0.25) is 0 Å². The van der Waals surface area contributed by atoms with Crippen LogP contribution in [-0.2, 0) is 0 Å². The van der Waals surface area contributed by atoms with E-state index in [2.05, 4.69) is 10.6 Å². The van der Waals surface area contributed by atoms with Crippen molar-refractivity contribution in [2.45, 2.75) is 38.1 Å². The van der Waals surface area contributed by atoms with Crippen molar-refractivity contribution in [3.63, 3.8) is 0 Å². The molecule has 1 aromatic carbocycles. The SMILES string of the molecule is Fc1ccc(NC(=S)NC2CCCCC2)cc1. The summed E-state index contributed by atoms with van der Waals surface area (Å²) in [6.45, 7) is 0. The summed E-state index contributed by atoms with van der Waals surface area (Å²) in [7, 11) is 0. The van der Waals surface area contributed by atoms with E-state index in [0.29, 0.717) is 11.2 Å². The van der Waals surface area contributed by atoms with Crippen molar-refractivity contribution >= 4 is 23.0 Å². The van der Waals surface area contributed by atoms with Crippen LogP contribution in [0.1, 0.15) is 32.1 Å². The van der Waals surface area contributed by atoms with E-state index in [1.807, 2.05) is 0 Å². The van der Waals surface area contributed by atoms with E-state index in [1.165, 1.54) is 44.2 Å². The molecular weight excluding hydrogens is 235 g/mol. The van der Waals surface area contributed by atoms with E-state index in [0.717, 1.165) is 5.69 Å². The fourth-order valence-electron chi connectivity index (χ4n) is 2.13. The predicted octanol–water partition coefficient (Wildman–Crippen LogP) is 3.44. The number of halogens is 1. The van der Waals surface area contributed by atoms with Crippen molar-refractivity contribution in [3.05, 3.63) is 30.1 Å². The molecule has 2 nitrogen and oxygen atoms in total. The van der Waals surface area contributed by atoms with Gasteiger partial charge in [0.1, 0.15) is 5.82 Å². The second-order valence-electron chi connectivity index (χ2n) is 4.44. The quantitative estimate of drug-likeness (QED) is 0.788. The Morgan fingerprint density at radius 1 is 1.12 bits per heavy atom. The lowest BCUT2D eigenvalue weighted by Gasteiger charge is -2.24. The Morgan fingerprint density at radius 2 is 1.76 bits per heavy atom. The number of nitrogens with one attached hydrogen (secondary N) is 2. The van der Waals surface area contributed by atoms with Crippen LogP contribution >= 0.6 is 12.2 Å². The molecule has 0 heterocycles. The van der Waals surface area contributed by atoms with Crippen molar-refractivity contribution < 1.29 is 4.39 Å². The summed E-state index contributed by atoms with van der Waals surface area (Å²) in [6, 6.07) is 6.70. The lowest BCUT2D eigenvalue weighted by molar-refractivity contribution is 0.415. The first-order chi connectivity index (χ1) is 8.24. The summed E-state index contributed by atoms with van der Waals surface area (Å²) >= 11 is 5.23. The number of anilines is 1. The van der Waals surface area contributed by atoms with Crippen molar-refractivity contribution in [2.24, 2.45) is 0 Å². The summed E-state index contributed by atoms with van der Waals surface area (Å²) in [5.41, 5.74) is 0.819. The molecule has 1 fully saturated rings. The topological polar surface area (TPSA) is 24.1 Å². The van der Waals surface area contributed by atoms with Crippen LogP contribution in [0.15, 0.2) is 24.3 Å². The number of hydrogen-bond donors (Lipinski definition) is 2. The van der Waals surface area contributed by atoms with Crippen molar-refractivity contribution in [1.29, 1.82) is 0 Å². The van der Waals surface area contributed by atoms with Crippen LogP contribution in [-0.4, -0.2) is 11.2 Å². The van der Waals surface area contributed by atoms with E-state index in [1.54, 1.807) is 12.1 Å². The van der Waals surface area contributed by atoms with E-state index < -0.39 is 0 Å². The second kappa shape index (κ2) is 5.96. The molecule has 1 saturated carbocycles. The summed E-state index contributed by atoms with van der Waals surface area (Å²) < 4.78 is 12.7. The van der Waals surface area contributed by atoms with Crippen molar-refractivity contribution in [3.8, 4) is 0 Å². The normalized spacial score (nSPS) is 16.5. The molecule has 17 heavy (non-hydrogen) atoms. The Balaban J connectivity index is 1.82. The third kappa shape index (κ3) is 3.97.